The van der Waals surface area contributed by atoms with Gasteiger partial charge in [0.25, 0.3) is 0 Å². The molecular weight excluding hydrogens is 419 g/mol. The summed E-state index contributed by atoms with van der Waals surface area (Å²) in [5, 5.41) is 2.57. The summed E-state index contributed by atoms with van der Waals surface area (Å²) in [6.45, 7) is 3.63. The molecule has 4 rings (SSSR count). The highest BCUT2D eigenvalue weighted by molar-refractivity contribution is 6.07. The third kappa shape index (κ3) is 4.21. The Morgan fingerprint density at radius 3 is 2.44 bits per heavy atom. The van der Waals surface area contributed by atoms with E-state index in [1.165, 1.54) is 17.0 Å². The maximum absolute atomic E-state index is 13.1. The van der Waals surface area contributed by atoms with Gasteiger partial charge in [-0.1, -0.05) is 0 Å². The van der Waals surface area contributed by atoms with Crippen molar-refractivity contribution in [2.45, 2.75) is 26.4 Å². The summed E-state index contributed by atoms with van der Waals surface area (Å²) in [4.78, 5) is 31.4. The zero-order chi connectivity index (χ0) is 23.0. The van der Waals surface area contributed by atoms with Crippen molar-refractivity contribution in [3.8, 4) is 11.1 Å². The Morgan fingerprint density at radius 1 is 1.06 bits per heavy atom. The number of pyridine rings is 1. The molecule has 5 nitrogen and oxygen atoms in total. The van der Waals surface area contributed by atoms with Crippen molar-refractivity contribution in [1.82, 2.24) is 4.98 Å². The summed E-state index contributed by atoms with van der Waals surface area (Å²) >= 11 is 0. The first kappa shape index (κ1) is 21.5. The van der Waals surface area contributed by atoms with E-state index in [1.54, 1.807) is 18.5 Å². The highest BCUT2D eigenvalue weighted by Crippen LogP contribution is 2.38. The van der Waals surface area contributed by atoms with Crippen LogP contribution in [0, 0.1) is 13.8 Å². The summed E-state index contributed by atoms with van der Waals surface area (Å²) in [5.41, 5.74) is 4.50. The van der Waals surface area contributed by atoms with E-state index in [2.05, 4.69) is 10.3 Å². The molecule has 1 aliphatic rings. The Hall–Kier alpha value is -3.68. The number of carbonyl (C=O) groups is 2. The van der Waals surface area contributed by atoms with Gasteiger partial charge in [0.2, 0.25) is 11.8 Å². The number of aromatic nitrogens is 1. The minimum Gasteiger partial charge on any atom is -0.325 e. The number of fused-ring (bicyclic) bond motifs is 3. The maximum atomic E-state index is 13.1. The van der Waals surface area contributed by atoms with Crippen molar-refractivity contribution in [3.63, 3.8) is 0 Å². The molecule has 164 valence electrons. The molecule has 32 heavy (non-hydrogen) atoms. The molecule has 0 bridgehead atoms. The molecule has 0 saturated carbocycles. The lowest BCUT2D eigenvalue weighted by Gasteiger charge is -2.24. The number of carbonyl (C=O) groups excluding carboxylic acids is 2. The van der Waals surface area contributed by atoms with Gasteiger partial charge in [0.05, 0.1) is 17.7 Å². The van der Waals surface area contributed by atoms with Crippen molar-refractivity contribution in [2.24, 2.45) is 0 Å². The second kappa shape index (κ2) is 8.11. The smallest absolute Gasteiger partial charge is 0.325 e. The highest BCUT2D eigenvalue weighted by atomic mass is 19.4. The van der Waals surface area contributed by atoms with Crippen molar-refractivity contribution in [3.05, 3.63) is 77.1 Å². The van der Waals surface area contributed by atoms with Gasteiger partial charge in [-0.05, 0) is 73.0 Å². The third-order valence-electron chi connectivity index (χ3n) is 5.54. The molecule has 3 aromatic rings. The fraction of sp³-hybridized carbons (Fsp3) is 0.208. The molecule has 2 amide bonds. The molecule has 0 fully saturated rings. The monoisotopic (exact) mass is 439 g/mol. The first-order chi connectivity index (χ1) is 15.1. The van der Waals surface area contributed by atoms with E-state index in [-0.39, 0.29) is 24.6 Å². The van der Waals surface area contributed by atoms with Crippen LogP contribution in [-0.4, -0.2) is 23.3 Å². The zero-order valence-electron chi connectivity index (χ0n) is 17.5. The fourth-order valence-corrected chi connectivity index (χ4v) is 3.71. The predicted molar refractivity (Wildman–Crippen MR) is 115 cm³/mol. The number of anilines is 2. The first-order valence-electron chi connectivity index (χ1n) is 9.95. The topological polar surface area (TPSA) is 62.3 Å². The Kier molecular flexibility index (Phi) is 5.46. The van der Waals surface area contributed by atoms with Gasteiger partial charge in [-0.3, -0.25) is 14.6 Å². The number of nitrogens with one attached hydrogen (secondary N) is 1. The summed E-state index contributed by atoms with van der Waals surface area (Å²) in [6, 6.07) is 9.82. The molecule has 0 unspecified atom stereocenters. The van der Waals surface area contributed by atoms with Gasteiger partial charge < -0.3 is 10.2 Å². The second-order valence-electron chi connectivity index (χ2n) is 7.77. The SMILES string of the molecule is Cc1cc2c(cc1C)N(CC(=O)Nc1ccc(C(F)(F)F)cc1)C(=O)Cc1ccncc1-2. The Morgan fingerprint density at radius 2 is 1.75 bits per heavy atom. The van der Waals surface area contributed by atoms with Crippen LogP contribution in [0.4, 0.5) is 24.5 Å². The number of rotatable bonds is 3. The van der Waals surface area contributed by atoms with Crippen LogP contribution in [-0.2, 0) is 22.2 Å². The average molecular weight is 439 g/mol. The van der Waals surface area contributed by atoms with Crippen molar-refractivity contribution in [2.75, 3.05) is 16.8 Å². The lowest BCUT2D eigenvalue weighted by molar-refractivity contribution is -0.137. The van der Waals surface area contributed by atoms with E-state index in [0.717, 1.165) is 39.9 Å². The molecule has 1 aromatic heterocycles. The molecule has 0 atom stereocenters. The molecule has 0 aliphatic carbocycles. The van der Waals surface area contributed by atoms with E-state index in [4.69, 9.17) is 0 Å². The Balaban J connectivity index is 1.63. The van der Waals surface area contributed by atoms with E-state index < -0.39 is 17.6 Å². The molecule has 1 aliphatic heterocycles. The number of aryl methyl sites for hydroxylation is 2. The van der Waals surface area contributed by atoms with E-state index in [1.807, 2.05) is 26.0 Å². The minimum atomic E-state index is -4.45. The van der Waals surface area contributed by atoms with Gasteiger partial charge in [0.1, 0.15) is 6.54 Å². The Labute approximate surface area is 182 Å². The van der Waals surface area contributed by atoms with Crippen LogP contribution in [0.3, 0.4) is 0 Å². The molecule has 2 heterocycles. The summed E-state index contributed by atoms with van der Waals surface area (Å²) in [5.74, 6) is -0.756. The normalized spacial score (nSPS) is 13.3. The van der Waals surface area contributed by atoms with Gasteiger partial charge in [-0.2, -0.15) is 13.2 Å². The van der Waals surface area contributed by atoms with E-state index in [0.29, 0.717) is 5.69 Å². The molecule has 2 aromatic carbocycles. The summed E-state index contributed by atoms with van der Waals surface area (Å²) in [6.07, 6.45) is -1.01. The zero-order valence-corrected chi connectivity index (χ0v) is 17.5. The molecular formula is C24H20F3N3O2. The van der Waals surface area contributed by atoms with Crippen molar-refractivity contribution >= 4 is 23.2 Å². The number of benzene rings is 2. The van der Waals surface area contributed by atoms with Gasteiger partial charge in [-0.25, -0.2) is 0 Å². The lowest BCUT2D eigenvalue weighted by Crippen LogP contribution is -2.38. The standard InChI is InChI=1S/C24H20F3N3O2/c1-14-9-19-20-12-28-8-7-16(20)11-23(32)30(21(19)10-15(14)2)13-22(31)29-18-5-3-17(4-6-18)24(25,26)27/h3-10,12H,11,13H2,1-2H3,(H,29,31). The van der Waals surface area contributed by atoms with Crippen LogP contribution in [0.25, 0.3) is 11.1 Å². The Bertz CT molecular complexity index is 1200. The quantitative estimate of drug-likeness (QED) is 0.631. The van der Waals surface area contributed by atoms with Crippen LogP contribution in [0.2, 0.25) is 0 Å². The maximum Gasteiger partial charge on any atom is 0.416 e. The number of hydrogen-bond donors (Lipinski definition) is 1. The molecule has 0 spiro atoms. The molecule has 0 radical (unpaired) electrons. The predicted octanol–water partition coefficient (Wildman–Crippen LogP) is 4.91. The largest absolute Gasteiger partial charge is 0.416 e. The molecule has 0 saturated heterocycles. The lowest BCUT2D eigenvalue weighted by atomic mass is 9.96. The summed E-state index contributed by atoms with van der Waals surface area (Å²) < 4.78 is 38.3. The number of hydrogen-bond acceptors (Lipinski definition) is 3. The van der Waals surface area contributed by atoms with Gasteiger partial charge in [0.15, 0.2) is 0 Å². The van der Waals surface area contributed by atoms with E-state index in [9.17, 15) is 22.8 Å². The fourth-order valence-electron chi connectivity index (χ4n) is 3.71. The third-order valence-corrected chi connectivity index (χ3v) is 5.54. The van der Waals surface area contributed by atoms with Crippen LogP contribution < -0.4 is 10.2 Å². The van der Waals surface area contributed by atoms with Crippen LogP contribution in [0.15, 0.2) is 54.9 Å². The summed E-state index contributed by atoms with van der Waals surface area (Å²) in [7, 11) is 0. The van der Waals surface area contributed by atoms with Gasteiger partial charge >= 0.3 is 6.18 Å². The highest BCUT2D eigenvalue weighted by Gasteiger charge is 2.30. The van der Waals surface area contributed by atoms with Crippen molar-refractivity contribution < 1.29 is 22.8 Å². The number of nitrogens with zero attached hydrogens (tertiary/aromatic N) is 2. The minimum absolute atomic E-state index is 0.109. The molecule has 8 heteroatoms. The molecule has 1 N–H and O–H groups in total. The number of halogens is 3. The van der Waals surface area contributed by atoms with Crippen molar-refractivity contribution in [1.29, 1.82) is 0 Å². The van der Waals surface area contributed by atoms with Crippen LogP contribution in [0.5, 0.6) is 0 Å². The van der Waals surface area contributed by atoms with E-state index >= 15 is 0 Å². The van der Waals surface area contributed by atoms with Crippen LogP contribution >= 0.6 is 0 Å². The van der Waals surface area contributed by atoms with Crippen LogP contribution in [0.1, 0.15) is 22.3 Å². The van der Waals surface area contributed by atoms with Gasteiger partial charge in [0, 0.05) is 29.2 Å². The average Bonchev–Trinajstić information content (AvgIpc) is 2.83. The number of amides is 2. The van der Waals surface area contributed by atoms with Gasteiger partial charge in [-0.15, -0.1) is 0 Å². The first-order valence-corrected chi connectivity index (χ1v) is 9.95. The second-order valence-corrected chi connectivity index (χ2v) is 7.77. The number of alkyl halides is 3.